The van der Waals surface area contributed by atoms with Gasteiger partial charge in [0.15, 0.2) is 0 Å². The van der Waals surface area contributed by atoms with E-state index < -0.39 is 5.97 Å². The normalized spacial score (nSPS) is 10.2. The zero-order valence-electron chi connectivity index (χ0n) is 9.64. The molecule has 98 valence electrons. The second-order valence-corrected chi connectivity index (χ2v) is 4.57. The van der Waals surface area contributed by atoms with Crippen molar-refractivity contribution in [2.45, 2.75) is 6.61 Å². The van der Waals surface area contributed by atoms with Crippen molar-refractivity contribution in [1.29, 1.82) is 0 Å². The van der Waals surface area contributed by atoms with Crippen molar-refractivity contribution in [3.63, 3.8) is 0 Å². The number of halogens is 2. The van der Waals surface area contributed by atoms with E-state index in [-0.39, 0.29) is 17.2 Å². The van der Waals surface area contributed by atoms with Gasteiger partial charge < -0.3 is 9.84 Å². The minimum absolute atomic E-state index is 0.0227. The van der Waals surface area contributed by atoms with Gasteiger partial charge in [-0.05, 0) is 24.3 Å². The van der Waals surface area contributed by atoms with Gasteiger partial charge in [0.2, 0.25) is 0 Å². The first-order valence-electron chi connectivity index (χ1n) is 5.32. The molecular weight excluding hydrogens is 289 g/mol. The monoisotopic (exact) mass is 297 g/mol. The molecule has 0 aliphatic rings. The molecule has 0 saturated heterocycles. The van der Waals surface area contributed by atoms with Gasteiger partial charge in [0.25, 0.3) is 0 Å². The van der Waals surface area contributed by atoms with Crippen LogP contribution in [0.3, 0.4) is 0 Å². The number of aromatic nitrogens is 1. The zero-order chi connectivity index (χ0) is 13.8. The van der Waals surface area contributed by atoms with E-state index in [0.29, 0.717) is 16.5 Å². The van der Waals surface area contributed by atoms with Gasteiger partial charge in [-0.2, -0.15) is 0 Å². The summed E-state index contributed by atoms with van der Waals surface area (Å²) < 4.78 is 5.45. The van der Waals surface area contributed by atoms with Gasteiger partial charge in [-0.25, -0.2) is 4.79 Å². The predicted octanol–water partition coefficient (Wildman–Crippen LogP) is 3.67. The number of ether oxygens (including phenoxy) is 1. The van der Waals surface area contributed by atoms with Crippen LogP contribution in [-0.2, 0) is 6.61 Å². The van der Waals surface area contributed by atoms with E-state index in [4.69, 9.17) is 33.0 Å². The molecule has 2 rings (SSSR count). The molecule has 0 fully saturated rings. The lowest BCUT2D eigenvalue weighted by molar-refractivity contribution is 0.0693. The third-order valence-corrected chi connectivity index (χ3v) is 2.78. The fourth-order valence-electron chi connectivity index (χ4n) is 1.48. The Kier molecular flexibility index (Phi) is 4.24. The summed E-state index contributed by atoms with van der Waals surface area (Å²) in [6.07, 6.45) is 1.38. The highest BCUT2D eigenvalue weighted by molar-refractivity contribution is 6.31. The summed E-state index contributed by atoms with van der Waals surface area (Å²) in [5, 5.41) is 9.87. The van der Waals surface area contributed by atoms with E-state index in [1.54, 1.807) is 24.3 Å². The van der Waals surface area contributed by atoms with Gasteiger partial charge in [-0.3, -0.25) is 4.98 Å². The molecule has 0 aliphatic heterocycles. The van der Waals surface area contributed by atoms with Crippen LogP contribution in [0.15, 0.2) is 36.5 Å². The number of carbonyl (C=O) groups is 1. The van der Waals surface area contributed by atoms with E-state index in [1.165, 1.54) is 12.3 Å². The van der Waals surface area contributed by atoms with Gasteiger partial charge in [-0.15, -0.1) is 0 Å². The fourth-order valence-corrected chi connectivity index (χ4v) is 1.81. The summed E-state index contributed by atoms with van der Waals surface area (Å²) >= 11 is 11.5. The quantitative estimate of drug-likeness (QED) is 0.935. The van der Waals surface area contributed by atoms with Crippen molar-refractivity contribution < 1.29 is 14.6 Å². The van der Waals surface area contributed by atoms with Crippen LogP contribution in [0, 0.1) is 0 Å². The molecule has 1 aromatic carbocycles. The Labute approximate surface area is 119 Å². The third-order valence-electron chi connectivity index (χ3n) is 2.34. The number of aromatic carboxylic acids is 1. The number of hydrogen-bond acceptors (Lipinski definition) is 3. The first kappa shape index (κ1) is 13.6. The SMILES string of the molecule is O=C(O)c1cc(Cl)cnc1COc1cccc(Cl)c1. The molecule has 4 nitrogen and oxygen atoms in total. The van der Waals surface area contributed by atoms with E-state index >= 15 is 0 Å². The van der Waals surface area contributed by atoms with Crippen LogP contribution < -0.4 is 4.74 Å². The van der Waals surface area contributed by atoms with E-state index in [1.807, 2.05) is 0 Å². The molecule has 1 N–H and O–H groups in total. The molecule has 0 unspecified atom stereocenters. The van der Waals surface area contributed by atoms with Crippen LogP contribution in [0.2, 0.25) is 10.0 Å². The van der Waals surface area contributed by atoms with Gasteiger partial charge >= 0.3 is 5.97 Å². The first-order chi connectivity index (χ1) is 9.06. The molecule has 0 radical (unpaired) electrons. The second-order valence-electron chi connectivity index (χ2n) is 3.70. The van der Waals surface area contributed by atoms with Crippen molar-refractivity contribution in [1.82, 2.24) is 4.98 Å². The lowest BCUT2D eigenvalue weighted by atomic mass is 10.2. The summed E-state index contributed by atoms with van der Waals surface area (Å²) in [5.41, 5.74) is 0.325. The number of rotatable bonds is 4. The van der Waals surface area contributed by atoms with Crippen LogP contribution in [0.1, 0.15) is 16.1 Å². The highest BCUT2D eigenvalue weighted by Crippen LogP contribution is 2.19. The lowest BCUT2D eigenvalue weighted by Gasteiger charge is -2.08. The standard InChI is InChI=1S/C13H9Cl2NO3/c14-8-2-1-3-10(4-8)19-7-12-11(13(17)18)5-9(15)6-16-12/h1-6H,7H2,(H,17,18). The van der Waals surface area contributed by atoms with Crippen molar-refractivity contribution in [2.75, 3.05) is 0 Å². The topological polar surface area (TPSA) is 59.4 Å². The van der Waals surface area contributed by atoms with Gasteiger partial charge in [0.1, 0.15) is 12.4 Å². The maximum Gasteiger partial charge on any atom is 0.337 e. The summed E-state index contributed by atoms with van der Waals surface area (Å²) in [6.45, 7) is 0.0269. The highest BCUT2D eigenvalue weighted by Gasteiger charge is 2.12. The minimum atomic E-state index is -1.10. The smallest absolute Gasteiger partial charge is 0.337 e. The number of benzene rings is 1. The number of pyridine rings is 1. The van der Waals surface area contributed by atoms with Crippen molar-refractivity contribution in [3.05, 3.63) is 57.8 Å². The van der Waals surface area contributed by atoms with Crippen LogP contribution in [0.25, 0.3) is 0 Å². The Bertz CT molecular complexity index is 617. The molecular formula is C13H9Cl2NO3. The minimum Gasteiger partial charge on any atom is -0.487 e. The number of carboxylic acids is 1. The molecule has 6 heteroatoms. The second kappa shape index (κ2) is 5.91. The first-order valence-corrected chi connectivity index (χ1v) is 6.08. The van der Waals surface area contributed by atoms with Gasteiger partial charge in [-0.1, -0.05) is 29.3 Å². The summed E-state index contributed by atoms with van der Waals surface area (Å²) in [5.74, 6) is -0.555. The summed E-state index contributed by atoms with van der Waals surface area (Å²) in [6, 6.07) is 8.16. The third kappa shape index (κ3) is 3.59. The van der Waals surface area contributed by atoms with Crippen LogP contribution in [0.4, 0.5) is 0 Å². The van der Waals surface area contributed by atoms with Crippen molar-refractivity contribution in [3.8, 4) is 5.75 Å². The van der Waals surface area contributed by atoms with Crippen molar-refractivity contribution in [2.24, 2.45) is 0 Å². The molecule has 0 bridgehead atoms. The Morgan fingerprint density at radius 2 is 2.05 bits per heavy atom. The largest absolute Gasteiger partial charge is 0.487 e. The fraction of sp³-hybridized carbons (Fsp3) is 0.0769. The average molecular weight is 298 g/mol. The van der Waals surface area contributed by atoms with Gasteiger partial charge in [0.05, 0.1) is 16.3 Å². The van der Waals surface area contributed by atoms with Crippen LogP contribution in [-0.4, -0.2) is 16.1 Å². The molecule has 0 spiro atoms. The maximum absolute atomic E-state index is 11.1. The molecule has 1 heterocycles. The average Bonchev–Trinajstić information content (AvgIpc) is 2.37. The Hall–Kier alpha value is -1.78. The van der Waals surface area contributed by atoms with E-state index in [0.717, 1.165) is 0 Å². The molecule has 2 aromatic rings. The van der Waals surface area contributed by atoms with Gasteiger partial charge in [0, 0.05) is 11.2 Å². The molecule has 19 heavy (non-hydrogen) atoms. The molecule has 0 atom stereocenters. The zero-order valence-corrected chi connectivity index (χ0v) is 11.1. The van der Waals surface area contributed by atoms with Crippen molar-refractivity contribution >= 4 is 29.2 Å². The Balaban J connectivity index is 2.17. The predicted molar refractivity (Wildman–Crippen MR) is 72.0 cm³/mol. The highest BCUT2D eigenvalue weighted by atomic mass is 35.5. The summed E-state index contributed by atoms with van der Waals surface area (Å²) in [7, 11) is 0. The molecule has 0 saturated carbocycles. The van der Waals surface area contributed by atoms with E-state index in [2.05, 4.69) is 4.98 Å². The van der Waals surface area contributed by atoms with Crippen LogP contribution >= 0.6 is 23.2 Å². The number of carboxylic acid groups (broad SMARTS) is 1. The Morgan fingerprint density at radius 1 is 1.26 bits per heavy atom. The maximum atomic E-state index is 11.1. The number of hydrogen-bond donors (Lipinski definition) is 1. The molecule has 0 amide bonds. The van der Waals surface area contributed by atoms with E-state index in [9.17, 15) is 4.79 Å². The molecule has 0 aliphatic carbocycles. The number of nitrogens with zero attached hydrogens (tertiary/aromatic N) is 1. The summed E-state index contributed by atoms with van der Waals surface area (Å²) in [4.78, 5) is 15.0. The molecule has 1 aromatic heterocycles. The lowest BCUT2D eigenvalue weighted by Crippen LogP contribution is -2.08. The Morgan fingerprint density at radius 3 is 2.74 bits per heavy atom. The van der Waals surface area contributed by atoms with Crippen LogP contribution in [0.5, 0.6) is 5.75 Å².